The summed E-state index contributed by atoms with van der Waals surface area (Å²) in [5.41, 5.74) is 0. The Bertz CT molecular complexity index is 107. The van der Waals surface area contributed by atoms with Crippen molar-refractivity contribution in [3.05, 3.63) is 0 Å². The quantitative estimate of drug-likeness (QED) is 0.469. The van der Waals surface area contributed by atoms with Crippen LogP contribution in [-0.2, 0) is 9.47 Å². The van der Waals surface area contributed by atoms with Crippen molar-refractivity contribution in [3.8, 4) is 0 Å². The molecule has 0 aliphatic heterocycles. The van der Waals surface area contributed by atoms with Crippen LogP contribution in [0.4, 0.5) is 0 Å². The van der Waals surface area contributed by atoms with Gasteiger partial charge in [0.15, 0.2) is 5.79 Å². The lowest BCUT2D eigenvalue weighted by Gasteiger charge is -2.17. The molecule has 0 aromatic carbocycles. The van der Waals surface area contributed by atoms with Gasteiger partial charge in [0.2, 0.25) is 0 Å². The van der Waals surface area contributed by atoms with Gasteiger partial charge in [-0.1, -0.05) is 13.3 Å². The molecule has 0 aliphatic carbocycles. The molecule has 0 spiro atoms. The molecule has 0 aliphatic rings. The van der Waals surface area contributed by atoms with Crippen molar-refractivity contribution in [3.63, 3.8) is 0 Å². The summed E-state index contributed by atoms with van der Waals surface area (Å²) in [7, 11) is 0. The van der Waals surface area contributed by atoms with Crippen molar-refractivity contribution in [2.45, 2.75) is 45.8 Å². The summed E-state index contributed by atoms with van der Waals surface area (Å²) < 4.78 is 10.4. The number of hydrogen-bond donors (Lipinski definition) is 1. The molecule has 0 radical (unpaired) electrons. The number of hydrogen-bond acceptors (Lipinski definition) is 3. The van der Waals surface area contributed by atoms with Crippen LogP contribution in [0.25, 0.3) is 0 Å². The van der Waals surface area contributed by atoms with Crippen molar-refractivity contribution < 1.29 is 14.6 Å². The zero-order chi connectivity index (χ0) is 10.2. The van der Waals surface area contributed by atoms with E-state index in [2.05, 4.69) is 6.92 Å². The van der Waals surface area contributed by atoms with E-state index in [1.807, 2.05) is 0 Å². The smallest absolute Gasteiger partial charge is 0.159 e. The van der Waals surface area contributed by atoms with Crippen molar-refractivity contribution in [2.75, 3.05) is 19.8 Å². The van der Waals surface area contributed by atoms with Gasteiger partial charge >= 0.3 is 0 Å². The predicted octanol–water partition coefficient (Wildman–Crippen LogP) is 1.94. The topological polar surface area (TPSA) is 38.7 Å². The standard InChI is InChI=1S/C10H22O3/c1-4-5-7-12-8-6-9-13-10(2,3)11/h11H,4-9H2,1-3H3. The Hall–Kier alpha value is -0.120. The summed E-state index contributed by atoms with van der Waals surface area (Å²) in [4.78, 5) is 0. The van der Waals surface area contributed by atoms with Crippen LogP contribution in [0.15, 0.2) is 0 Å². The molecule has 0 saturated heterocycles. The normalized spacial score (nSPS) is 12.0. The number of ether oxygens (including phenoxy) is 2. The molecule has 0 fully saturated rings. The highest BCUT2D eigenvalue weighted by atomic mass is 16.6. The molecule has 0 rings (SSSR count). The first-order valence-electron chi connectivity index (χ1n) is 5.00. The van der Waals surface area contributed by atoms with Gasteiger partial charge in [-0.3, -0.25) is 0 Å². The molecule has 80 valence electrons. The second-order valence-corrected chi connectivity index (χ2v) is 3.61. The Labute approximate surface area is 81.0 Å². The van der Waals surface area contributed by atoms with Crippen LogP contribution in [0, 0.1) is 0 Å². The molecule has 0 bridgehead atoms. The Morgan fingerprint density at radius 3 is 2.23 bits per heavy atom. The summed E-state index contributed by atoms with van der Waals surface area (Å²) in [5.74, 6) is -1.01. The molecule has 3 nitrogen and oxygen atoms in total. The molecular weight excluding hydrogens is 168 g/mol. The van der Waals surface area contributed by atoms with Crippen molar-refractivity contribution in [1.82, 2.24) is 0 Å². The third kappa shape index (κ3) is 11.9. The lowest BCUT2D eigenvalue weighted by molar-refractivity contribution is -0.177. The molecule has 0 atom stereocenters. The van der Waals surface area contributed by atoms with E-state index in [1.54, 1.807) is 13.8 Å². The average molecular weight is 190 g/mol. The Balaban J connectivity index is 3.00. The third-order valence-corrected chi connectivity index (χ3v) is 1.53. The maximum absolute atomic E-state index is 9.20. The molecule has 0 saturated carbocycles. The SMILES string of the molecule is CCCCOCCCOC(C)(C)O. The van der Waals surface area contributed by atoms with Crippen LogP contribution in [-0.4, -0.2) is 30.7 Å². The highest BCUT2D eigenvalue weighted by Crippen LogP contribution is 2.03. The van der Waals surface area contributed by atoms with Gasteiger partial charge in [0.25, 0.3) is 0 Å². The van der Waals surface area contributed by atoms with Gasteiger partial charge < -0.3 is 14.6 Å². The van der Waals surface area contributed by atoms with Gasteiger partial charge in [-0.2, -0.15) is 0 Å². The summed E-state index contributed by atoms with van der Waals surface area (Å²) in [5, 5.41) is 9.20. The molecule has 0 unspecified atom stereocenters. The lowest BCUT2D eigenvalue weighted by Crippen LogP contribution is -2.24. The van der Waals surface area contributed by atoms with Gasteiger partial charge in [-0.25, -0.2) is 0 Å². The van der Waals surface area contributed by atoms with Crippen LogP contribution in [0.2, 0.25) is 0 Å². The molecule has 3 heteroatoms. The van der Waals surface area contributed by atoms with Crippen LogP contribution in [0.5, 0.6) is 0 Å². The Morgan fingerprint density at radius 2 is 1.69 bits per heavy atom. The summed E-state index contributed by atoms with van der Waals surface area (Å²) in [6, 6.07) is 0. The molecule has 13 heavy (non-hydrogen) atoms. The van der Waals surface area contributed by atoms with Gasteiger partial charge in [-0.15, -0.1) is 0 Å². The first-order chi connectivity index (χ1) is 6.06. The zero-order valence-electron chi connectivity index (χ0n) is 9.01. The first-order valence-corrected chi connectivity index (χ1v) is 5.00. The van der Waals surface area contributed by atoms with Gasteiger partial charge in [0, 0.05) is 13.2 Å². The van der Waals surface area contributed by atoms with Crippen LogP contribution in [0.3, 0.4) is 0 Å². The van der Waals surface area contributed by atoms with E-state index in [0.717, 1.165) is 26.1 Å². The van der Waals surface area contributed by atoms with Crippen molar-refractivity contribution in [2.24, 2.45) is 0 Å². The third-order valence-electron chi connectivity index (χ3n) is 1.53. The number of unbranched alkanes of at least 4 members (excludes halogenated alkanes) is 1. The van der Waals surface area contributed by atoms with Gasteiger partial charge in [-0.05, 0) is 26.7 Å². The minimum Gasteiger partial charge on any atom is -0.381 e. The maximum Gasteiger partial charge on any atom is 0.159 e. The minimum atomic E-state index is -1.01. The largest absolute Gasteiger partial charge is 0.381 e. The Kier molecular flexibility index (Phi) is 7.23. The van der Waals surface area contributed by atoms with Gasteiger partial charge in [0.05, 0.1) is 6.61 Å². The number of rotatable bonds is 8. The Morgan fingerprint density at radius 1 is 1.08 bits per heavy atom. The van der Waals surface area contributed by atoms with Crippen LogP contribution < -0.4 is 0 Å². The van der Waals surface area contributed by atoms with E-state index >= 15 is 0 Å². The second-order valence-electron chi connectivity index (χ2n) is 3.61. The van der Waals surface area contributed by atoms with E-state index in [0.29, 0.717) is 6.61 Å². The van der Waals surface area contributed by atoms with Gasteiger partial charge in [0.1, 0.15) is 0 Å². The molecular formula is C10H22O3. The van der Waals surface area contributed by atoms with Crippen LogP contribution in [0.1, 0.15) is 40.0 Å². The molecule has 1 N–H and O–H groups in total. The maximum atomic E-state index is 9.20. The molecule has 0 amide bonds. The van der Waals surface area contributed by atoms with E-state index in [-0.39, 0.29) is 0 Å². The molecule has 0 aromatic heterocycles. The van der Waals surface area contributed by atoms with E-state index < -0.39 is 5.79 Å². The highest BCUT2D eigenvalue weighted by Gasteiger charge is 2.10. The molecule has 0 aromatic rings. The van der Waals surface area contributed by atoms with Crippen molar-refractivity contribution in [1.29, 1.82) is 0 Å². The predicted molar refractivity (Wildman–Crippen MR) is 52.6 cm³/mol. The highest BCUT2D eigenvalue weighted by molar-refractivity contribution is 4.47. The fourth-order valence-electron chi connectivity index (χ4n) is 0.831. The molecule has 0 heterocycles. The second kappa shape index (κ2) is 7.30. The summed E-state index contributed by atoms with van der Waals surface area (Å²) in [6.07, 6.45) is 3.13. The first kappa shape index (κ1) is 12.9. The van der Waals surface area contributed by atoms with E-state index in [9.17, 15) is 5.11 Å². The van der Waals surface area contributed by atoms with E-state index in [1.165, 1.54) is 6.42 Å². The van der Waals surface area contributed by atoms with Crippen LogP contribution >= 0.6 is 0 Å². The fraction of sp³-hybridized carbons (Fsp3) is 1.00. The number of aliphatic hydroxyl groups is 1. The van der Waals surface area contributed by atoms with Crippen molar-refractivity contribution >= 4 is 0 Å². The lowest BCUT2D eigenvalue weighted by atomic mass is 10.3. The monoisotopic (exact) mass is 190 g/mol. The summed E-state index contributed by atoms with van der Waals surface area (Å²) >= 11 is 0. The summed E-state index contributed by atoms with van der Waals surface area (Å²) in [6.45, 7) is 7.50. The minimum absolute atomic E-state index is 0.551. The fourth-order valence-corrected chi connectivity index (χ4v) is 0.831. The van der Waals surface area contributed by atoms with E-state index in [4.69, 9.17) is 9.47 Å². The zero-order valence-corrected chi connectivity index (χ0v) is 9.01. The average Bonchev–Trinajstić information content (AvgIpc) is 2.01.